The van der Waals surface area contributed by atoms with E-state index in [1.54, 1.807) is 30.9 Å². The Morgan fingerprint density at radius 2 is 2.12 bits per heavy atom. The van der Waals surface area contributed by atoms with Crippen LogP contribution in [0.3, 0.4) is 0 Å². The molecule has 17 heavy (non-hydrogen) atoms. The molecule has 0 saturated carbocycles. The molecule has 1 N–H and O–H groups in total. The minimum atomic E-state index is -0.706. The van der Waals surface area contributed by atoms with Crippen molar-refractivity contribution in [3.05, 3.63) is 52.8 Å². The first-order chi connectivity index (χ1) is 8.16. The number of aliphatic hydroxyl groups is 1. The largest absolute Gasteiger partial charge is 0.386 e. The summed E-state index contributed by atoms with van der Waals surface area (Å²) >= 11 is 5.97. The maximum absolute atomic E-state index is 10.0. The smallest absolute Gasteiger partial charge is 0.102 e. The molecule has 0 bridgehead atoms. The molecule has 0 aromatic carbocycles. The van der Waals surface area contributed by atoms with E-state index in [1.165, 1.54) is 0 Å². The van der Waals surface area contributed by atoms with E-state index >= 15 is 0 Å². The summed E-state index contributed by atoms with van der Waals surface area (Å²) in [6, 6.07) is 1.78. The molecule has 1 atom stereocenters. The molecule has 0 radical (unpaired) electrons. The van der Waals surface area contributed by atoms with Gasteiger partial charge in [-0.25, -0.2) is 0 Å². The Kier molecular flexibility index (Phi) is 3.66. The van der Waals surface area contributed by atoms with E-state index in [0.717, 1.165) is 11.3 Å². The highest BCUT2D eigenvalue weighted by molar-refractivity contribution is 6.31. The average Bonchev–Trinajstić information content (AvgIpc) is 2.33. The number of pyridine rings is 1. The predicted molar refractivity (Wildman–Crippen MR) is 64.7 cm³/mol. The van der Waals surface area contributed by atoms with Crippen molar-refractivity contribution in [3.63, 3.8) is 0 Å². The molecule has 0 amide bonds. The monoisotopic (exact) mass is 249 g/mol. The van der Waals surface area contributed by atoms with Crippen molar-refractivity contribution in [2.45, 2.75) is 19.4 Å². The highest BCUT2D eigenvalue weighted by Gasteiger charge is 2.12. The van der Waals surface area contributed by atoms with Gasteiger partial charge >= 0.3 is 0 Å². The van der Waals surface area contributed by atoms with Gasteiger partial charge in [-0.2, -0.15) is 0 Å². The van der Waals surface area contributed by atoms with Crippen LogP contribution in [-0.4, -0.2) is 20.1 Å². The first-order valence-corrected chi connectivity index (χ1v) is 5.59. The third kappa shape index (κ3) is 2.99. The molecule has 0 aliphatic rings. The average molecular weight is 250 g/mol. The number of hydrogen-bond donors (Lipinski definition) is 1. The molecule has 0 fully saturated rings. The molecule has 0 aliphatic heterocycles. The van der Waals surface area contributed by atoms with E-state index in [-0.39, 0.29) is 0 Å². The molecule has 2 aromatic rings. The van der Waals surface area contributed by atoms with E-state index < -0.39 is 6.10 Å². The molecule has 0 spiro atoms. The summed E-state index contributed by atoms with van der Waals surface area (Å²) < 4.78 is 0. The summed E-state index contributed by atoms with van der Waals surface area (Å²) in [6.45, 7) is 1.85. The van der Waals surface area contributed by atoms with Gasteiger partial charge < -0.3 is 5.11 Å². The second-order valence-corrected chi connectivity index (χ2v) is 4.18. The highest BCUT2D eigenvalue weighted by atomic mass is 35.5. The Morgan fingerprint density at radius 1 is 1.29 bits per heavy atom. The zero-order chi connectivity index (χ0) is 12.3. The molecule has 5 heteroatoms. The Labute approximate surface area is 104 Å². The van der Waals surface area contributed by atoms with Crippen molar-refractivity contribution in [1.82, 2.24) is 15.0 Å². The summed E-state index contributed by atoms with van der Waals surface area (Å²) in [7, 11) is 0. The normalized spacial score (nSPS) is 12.4. The zero-order valence-corrected chi connectivity index (χ0v) is 10.1. The van der Waals surface area contributed by atoms with E-state index in [0.29, 0.717) is 17.1 Å². The lowest BCUT2D eigenvalue weighted by atomic mass is 10.1. The second-order valence-electron chi connectivity index (χ2n) is 3.77. The molecule has 0 aliphatic carbocycles. The number of rotatable bonds is 3. The van der Waals surface area contributed by atoms with Crippen molar-refractivity contribution in [3.8, 4) is 0 Å². The van der Waals surface area contributed by atoms with Crippen LogP contribution in [0.25, 0.3) is 0 Å². The van der Waals surface area contributed by atoms with Gasteiger partial charge in [-0.3, -0.25) is 15.0 Å². The lowest BCUT2D eigenvalue weighted by molar-refractivity contribution is 0.173. The third-order valence-electron chi connectivity index (χ3n) is 2.41. The molecule has 2 heterocycles. The third-order valence-corrected chi connectivity index (χ3v) is 2.75. The van der Waals surface area contributed by atoms with Gasteiger partial charge in [-0.1, -0.05) is 11.6 Å². The van der Waals surface area contributed by atoms with E-state index in [2.05, 4.69) is 15.0 Å². The standard InChI is InChI=1S/C12H12ClN3O/c1-8-5-16-11(7-15-8)12(17)4-9-2-3-14-6-10(9)13/h2-3,5-7,12,17H,4H2,1H3. The zero-order valence-electron chi connectivity index (χ0n) is 9.34. The SMILES string of the molecule is Cc1cnc(C(O)Cc2ccncc2Cl)cn1. The molecular weight excluding hydrogens is 238 g/mol. The number of nitrogens with zero attached hydrogens (tertiary/aromatic N) is 3. The molecule has 2 rings (SSSR count). The summed E-state index contributed by atoms with van der Waals surface area (Å²) in [5.41, 5.74) is 2.21. The Morgan fingerprint density at radius 3 is 2.76 bits per heavy atom. The Balaban J connectivity index is 2.14. The summed E-state index contributed by atoms with van der Waals surface area (Å²) in [6.07, 6.45) is 6.11. The van der Waals surface area contributed by atoms with Crippen LogP contribution in [0.2, 0.25) is 5.02 Å². The first-order valence-electron chi connectivity index (χ1n) is 5.22. The predicted octanol–water partition coefficient (Wildman–Crippen LogP) is 2.11. The van der Waals surface area contributed by atoms with Crippen molar-refractivity contribution in [2.24, 2.45) is 0 Å². The quantitative estimate of drug-likeness (QED) is 0.905. The van der Waals surface area contributed by atoms with Gasteiger partial charge in [0.15, 0.2) is 0 Å². The van der Waals surface area contributed by atoms with Gasteiger partial charge in [0.05, 0.1) is 22.6 Å². The second kappa shape index (κ2) is 5.21. The van der Waals surface area contributed by atoms with Crippen molar-refractivity contribution in [2.75, 3.05) is 0 Å². The topological polar surface area (TPSA) is 58.9 Å². The first kappa shape index (κ1) is 12.0. The molecule has 0 saturated heterocycles. The summed E-state index contributed by atoms with van der Waals surface area (Å²) in [4.78, 5) is 12.1. The van der Waals surface area contributed by atoms with Gasteiger partial charge in [0.2, 0.25) is 0 Å². The molecule has 4 nitrogen and oxygen atoms in total. The molecule has 2 aromatic heterocycles. The molecule has 88 valence electrons. The maximum atomic E-state index is 10.0. The van der Waals surface area contributed by atoms with Gasteiger partial charge in [0, 0.05) is 25.0 Å². The van der Waals surface area contributed by atoms with Crippen molar-refractivity contribution >= 4 is 11.6 Å². The van der Waals surface area contributed by atoms with Crippen LogP contribution < -0.4 is 0 Å². The minimum Gasteiger partial charge on any atom is -0.386 e. The fraction of sp³-hybridized carbons (Fsp3) is 0.250. The number of aryl methyl sites for hydroxylation is 1. The van der Waals surface area contributed by atoms with Crippen LogP contribution >= 0.6 is 11.6 Å². The Bertz CT molecular complexity index is 501. The van der Waals surface area contributed by atoms with Gasteiger partial charge in [0.25, 0.3) is 0 Å². The number of hydrogen-bond acceptors (Lipinski definition) is 4. The van der Waals surface area contributed by atoms with Crippen LogP contribution in [0, 0.1) is 6.92 Å². The molecular formula is C12H12ClN3O. The summed E-state index contributed by atoms with van der Waals surface area (Å²) in [5.74, 6) is 0. The summed E-state index contributed by atoms with van der Waals surface area (Å²) in [5, 5.41) is 10.6. The van der Waals surface area contributed by atoms with Crippen LogP contribution in [0.15, 0.2) is 30.9 Å². The van der Waals surface area contributed by atoms with Gasteiger partial charge in [-0.15, -0.1) is 0 Å². The van der Waals surface area contributed by atoms with E-state index in [9.17, 15) is 5.11 Å². The van der Waals surface area contributed by atoms with Crippen molar-refractivity contribution < 1.29 is 5.11 Å². The fourth-order valence-electron chi connectivity index (χ4n) is 1.46. The minimum absolute atomic E-state index is 0.402. The van der Waals surface area contributed by atoms with Crippen LogP contribution in [0.1, 0.15) is 23.1 Å². The lowest BCUT2D eigenvalue weighted by Gasteiger charge is -2.10. The Hall–Kier alpha value is -1.52. The van der Waals surface area contributed by atoms with E-state index in [1.807, 2.05) is 6.92 Å². The number of aromatic nitrogens is 3. The fourth-order valence-corrected chi connectivity index (χ4v) is 1.65. The number of aliphatic hydroxyl groups excluding tert-OH is 1. The van der Waals surface area contributed by atoms with Crippen LogP contribution in [0.5, 0.6) is 0 Å². The van der Waals surface area contributed by atoms with Crippen molar-refractivity contribution in [1.29, 1.82) is 0 Å². The molecule has 1 unspecified atom stereocenters. The van der Waals surface area contributed by atoms with Gasteiger partial charge in [0.1, 0.15) is 6.10 Å². The van der Waals surface area contributed by atoms with E-state index in [4.69, 9.17) is 11.6 Å². The lowest BCUT2D eigenvalue weighted by Crippen LogP contribution is -2.05. The van der Waals surface area contributed by atoms with Crippen LogP contribution in [0.4, 0.5) is 0 Å². The number of halogens is 1. The maximum Gasteiger partial charge on any atom is 0.102 e. The van der Waals surface area contributed by atoms with Gasteiger partial charge in [-0.05, 0) is 18.6 Å². The van der Waals surface area contributed by atoms with Crippen LogP contribution in [-0.2, 0) is 6.42 Å². The highest BCUT2D eigenvalue weighted by Crippen LogP contribution is 2.21.